The minimum absolute atomic E-state index is 0.102. The van der Waals surface area contributed by atoms with Gasteiger partial charge in [-0.15, -0.1) is 0 Å². The van der Waals surface area contributed by atoms with Crippen LogP contribution in [0.2, 0.25) is 0 Å². The van der Waals surface area contributed by atoms with Crippen LogP contribution in [0.1, 0.15) is 87.3 Å². The first-order valence-corrected chi connectivity index (χ1v) is 13.8. The highest BCUT2D eigenvalue weighted by molar-refractivity contribution is 5.88. The van der Waals surface area contributed by atoms with Crippen LogP contribution in [0.5, 0.6) is 0 Å². The van der Waals surface area contributed by atoms with E-state index < -0.39 is 0 Å². The van der Waals surface area contributed by atoms with E-state index >= 15 is 0 Å². The van der Waals surface area contributed by atoms with Crippen molar-refractivity contribution >= 4 is 5.78 Å². The Morgan fingerprint density at radius 1 is 1.00 bits per heavy atom. The zero-order valence-corrected chi connectivity index (χ0v) is 21.6. The van der Waals surface area contributed by atoms with Gasteiger partial charge < -0.3 is 0 Å². The summed E-state index contributed by atoms with van der Waals surface area (Å²) in [6.07, 6.45) is 18.8. The Labute approximate surface area is 213 Å². The molecule has 0 heterocycles. The predicted octanol–water partition coefficient (Wildman–Crippen LogP) is 8.95. The van der Waals surface area contributed by atoms with Crippen LogP contribution >= 0.6 is 0 Å². The Hall–Kier alpha value is -2.67. The molecule has 4 rings (SSSR count). The number of aryl methyl sites for hydroxylation is 2. The maximum atomic E-state index is 12.9. The summed E-state index contributed by atoms with van der Waals surface area (Å²) in [6.45, 7) is 6.73. The first kappa shape index (κ1) is 25.4. The van der Waals surface area contributed by atoms with E-state index in [1.54, 1.807) is 0 Å². The molecule has 0 bridgehead atoms. The molecule has 0 radical (unpaired) electrons. The van der Waals surface area contributed by atoms with Crippen molar-refractivity contribution in [2.75, 3.05) is 0 Å². The van der Waals surface area contributed by atoms with Crippen LogP contribution in [-0.2, 0) is 17.6 Å². The predicted molar refractivity (Wildman–Crippen MR) is 149 cm³/mol. The van der Waals surface area contributed by atoms with Crippen molar-refractivity contribution in [1.82, 2.24) is 0 Å². The Morgan fingerprint density at radius 2 is 1.80 bits per heavy atom. The maximum absolute atomic E-state index is 12.9. The molecule has 2 aromatic carbocycles. The lowest BCUT2D eigenvalue weighted by Crippen LogP contribution is -2.06. The molecule has 1 heteroatoms. The van der Waals surface area contributed by atoms with Gasteiger partial charge in [0.2, 0.25) is 0 Å². The van der Waals surface area contributed by atoms with Crippen molar-refractivity contribution < 1.29 is 4.79 Å². The van der Waals surface area contributed by atoms with Gasteiger partial charge in [-0.2, -0.15) is 0 Å². The molecule has 184 valence electrons. The summed E-state index contributed by atoms with van der Waals surface area (Å²) in [5.74, 6) is 1.68. The second-order valence-electron chi connectivity index (χ2n) is 10.7. The van der Waals surface area contributed by atoms with Gasteiger partial charge in [-0.25, -0.2) is 0 Å². The van der Waals surface area contributed by atoms with Crippen LogP contribution in [-0.4, -0.2) is 5.78 Å². The largest absolute Gasteiger partial charge is 0.299 e. The van der Waals surface area contributed by atoms with Gasteiger partial charge in [0.25, 0.3) is 0 Å². The third-order valence-electron chi connectivity index (χ3n) is 8.05. The minimum atomic E-state index is 0.102. The number of carbonyl (C=O) groups excluding carboxylic acids is 1. The zero-order valence-electron chi connectivity index (χ0n) is 21.6. The molecule has 0 amide bonds. The third kappa shape index (κ3) is 7.17. The van der Waals surface area contributed by atoms with E-state index in [-0.39, 0.29) is 5.92 Å². The van der Waals surface area contributed by atoms with E-state index in [1.165, 1.54) is 59.9 Å². The fourth-order valence-electron chi connectivity index (χ4n) is 6.07. The molecule has 0 N–H and O–H groups in total. The number of ketones is 1. The number of hydrogen-bond acceptors (Lipinski definition) is 1. The second-order valence-corrected chi connectivity index (χ2v) is 10.7. The summed E-state index contributed by atoms with van der Waals surface area (Å²) < 4.78 is 0. The van der Waals surface area contributed by atoms with Crippen LogP contribution in [0.3, 0.4) is 0 Å². The van der Waals surface area contributed by atoms with Crippen LogP contribution in [0.25, 0.3) is 0 Å². The molecule has 0 aromatic heterocycles. The average molecular weight is 467 g/mol. The molecule has 2 aliphatic carbocycles. The molecule has 3 atom stereocenters. The molecule has 35 heavy (non-hydrogen) atoms. The molecular weight excluding hydrogens is 424 g/mol. The molecule has 0 spiro atoms. The van der Waals surface area contributed by atoms with E-state index in [9.17, 15) is 4.79 Å². The Bertz CT molecular complexity index is 1040. The average Bonchev–Trinajstić information content (AvgIpc) is 3.54. The van der Waals surface area contributed by atoms with Gasteiger partial charge in [0.05, 0.1) is 0 Å². The van der Waals surface area contributed by atoms with Crippen LogP contribution in [0.15, 0.2) is 90.6 Å². The summed E-state index contributed by atoms with van der Waals surface area (Å²) in [6, 6.07) is 19.6. The number of Topliss-reactive ketones (excluding diaryl/α,β-unsaturated/α-hetero) is 1. The highest BCUT2D eigenvalue weighted by Crippen LogP contribution is 2.39. The van der Waals surface area contributed by atoms with Gasteiger partial charge in [0.1, 0.15) is 5.78 Å². The van der Waals surface area contributed by atoms with Crippen LogP contribution < -0.4 is 0 Å². The van der Waals surface area contributed by atoms with E-state index in [0.717, 1.165) is 38.5 Å². The summed E-state index contributed by atoms with van der Waals surface area (Å²) in [5.41, 5.74) is 6.78. The van der Waals surface area contributed by atoms with E-state index in [1.807, 2.05) is 0 Å². The molecule has 0 aliphatic heterocycles. The van der Waals surface area contributed by atoms with E-state index in [0.29, 0.717) is 17.6 Å². The van der Waals surface area contributed by atoms with Crippen molar-refractivity contribution in [3.8, 4) is 0 Å². The Balaban J connectivity index is 1.26. The summed E-state index contributed by atoms with van der Waals surface area (Å²) in [7, 11) is 0. The van der Waals surface area contributed by atoms with Crippen molar-refractivity contribution in [3.63, 3.8) is 0 Å². The standard InChI is InChI=1S/C34H42O/c1-3-12-30(26(2)31-19-7-8-20-31)21-11-18-29-24-33(34(35)25-29)32-22-10-17-28(23-32)16-9-15-27-13-5-4-6-14-27/h4-8,10,13-14,17,19,22-23,29-30,33H,2-3,9,11-12,15-16,18,20-21,24-25H2,1H3. The molecular formula is C34H42O. The number of allylic oxidation sites excluding steroid dienone is 5. The maximum Gasteiger partial charge on any atom is 0.140 e. The normalized spacial score (nSPS) is 20.3. The summed E-state index contributed by atoms with van der Waals surface area (Å²) in [4.78, 5) is 12.9. The number of rotatable bonds is 13. The van der Waals surface area contributed by atoms with Crippen molar-refractivity contribution in [3.05, 3.63) is 107 Å². The number of hydrogen-bond donors (Lipinski definition) is 0. The van der Waals surface area contributed by atoms with Gasteiger partial charge in [0, 0.05) is 12.3 Å². The van der Waals surface area contributed by atoms with Gasteiger partial charge in [-0.05, 0) is 91.0 Å². The topological polar surface area (TPSA) is 17.1 Å². The number of carbonyl (C=O) groups is 1. The molecule has 0 saturated heterocycles. The van der Waals surface area contributed by atoms with Crippen molar-refractivity contribution in [2.24, 2.45) is 11.8 Å². The molecule has 1 nitrogen and oxygen atoms in total. The molecule has 1 fully saturated rings. The highest BCUT2D eigenvalue weighted by Gasteiger charge is 2.33. The van der Waals surface area contributed by atoms with Crippen molar-refractivity contribution in [2.45, 2.75) is 83.5 Å². The van der Waals surface area contributed by atoms with E-state index in [2.05, 4.69) is 86.3 Å². The Morgan fingerprint density at radius 3 is 2.57 bits per heavy atom. The van der Waals surface area contributed by atoms with Crippen LogP contribution in [0.4, 0.5) is 0 Å². The minimum Gasteiger partial charge on any atom is -0.299 e. The first-order chi connectivity index (χ1) is 17.1. The monoisotopic (exact) mass is 466 g/mol. The second kappa shape index (κ2) is 12.9. The molecule has 2 aromatic rings. The summed E-state index contributed by atoms with van der Waals surface area (Å²) >= 11 is 0. The zero-order chi connectivity index (χ0) is 24.5. The highest BCUT2D eigenvalue weighted by atomic mass is 16.1. The molecule has 2 aliphatic rings. The smallest absolute Gasteiger partial charge is 0.140 e. The van der Waals surface area contributed by atoms with Crippen LogP contribution in [0, 0.1) is 11.8 Å². The lowest BCUT2D eigenvalue weighted by atomic mass is 9.84. The molecule has 1 saturated carbocycles. The first-order valence-electron chi connectivity index (χ1n) is 13.8. The van der Waals surface area contributed by atoms with Gasteiger partial charge in [-0.3, -0.25) is 4.79 Å². The molecule has 3 unspecified atom stereocenters. The SMILES string of the molecule is C=C(C1=CC=CC1)C(CCC)CCCC1CC(=O)C(c2cccc(CCCc3ccccc3)c2)C1. The van der Waals surface area contributed by atoms with Gasteiger partial charge in [-0.1, -0.05) is 99.2 Å². The third-order valence-corrected chi connectivity index (χ3v) is 8.05. The lowest BCUT2D eigenvalue weighted by Gasteiger charge is -2.21. The quantitative estimate of drug-likeness (QED) is 0.288. The summed E-state index contributed by atoms with van der Waals surface area (Å²) in [5, 5.41) is 0. The number of benzene rings is 2. The fraction of sp³-hybridized carbons (Fsp3) is 0.441. The van der Waals surface area contributed by atoms with Gasteiger partial charge in [0.15, 0.2) is 0 Å². The van der Waals surface area contributed by atoms with Gasteiger partial charge >= 0.3 is 0 Å². The van der Waals surface area contributed by atoms with E-state index in [4.69, 9.17) is 0 Å². The Kier molecular flexibility index (Phi) is 9.35. The van der Waals surface area contributed by atoms with Crippen molar-refractivity contribution in [1.29, 1.82) is 0 Å². The lowest BCUT2D eigenvalue weighted by molar-refractivity contribution is -0.118. The fourth-order valence-corrected chi connectivity index (χ4v) is 6.07.